The Balaban J connectivity index is 2.69. The third-order valence-electron chi connectivity index (χ3n) is 1.86. The first-order valence-corrected chi connectivity index (χ1v) is 5.63. The van der Waals surface area contributed by atoms with Crippen LogP contribution >= 0.6 is 23.2 Å². The maximum Gasteiger partial charge on any atom is 0.338 e. The number of hydrogen-bond donors (Lipinski definition) is 0. The number of alkyl halides is 2. The molecule has 0 aromatic heterocycles. The Morgan fingerprint density at radius 2 is 2.24 bits per heavy atom. The van der Waals surface area contributed by atoms with Crippen LogP contribution in [0.2, 0.25) is 0 Å². The number of benzene rings is 1. The van der Waals surface area contributed by atoms with Crippen molar-refractivity contribution >= 4 is 34.9 Å². The minimum atomic E-state index is -0.663. The molecule has 1 aromatic rings. The van der Waals surface area contributed by atoms with Gasteiger partial charge in [0.05, 0.1) is 15.9 Å². The van der Waals surface area contributed by atoms with Crippen molar-refractivity contribution in [2.75, 3.05) is 12.5 Å². The van der Waals surface area contributed by atoms with E-state index in [1.54, 1.807) is 0 Å². The second kappa shape index (κ2) is 6.42. The van der Waals surface area contributed by atoms with Crippen LogP contribution in [-0.2, 0) is 4.74 Å². The summed E-state index contributed by atoms with van der Waals surface area (Å²) in [6.07, 6.45) is 0. The van der Waals surface area contributed by atoms with Gasteiger partial charge in [0.25, 0.3) is 5.69 Å². The highest BCUT2D eigenvalue weighted by Crippen LogP contribution is 2.14. The summed E-state index contributed by atoms with van der Waals surface area (Å²) in [6, 6.07) is 5.28. The van der Waals surface area contributed by atoms with Gasteiger partial charge >= 0.3 is 5.97 Å². The molecule has 0 saturated carbocycles. The van der Waals surface area contributed by atoms with E-state index in [0.717, 1.165) is 6.07 Å². The van der Waals surface area contributed by atoms with E-state index in [1.165, 1.54) is 18.2 Å². The van der Waals surface area contributed by atoms with Crippen molar-refractivity contribution in [2.45, 2.75) is 5.38 Å². The normalized spacial score (nSPS) is 11.9. The number of non-ortho nitro benzene ring substituents is 1. The summed E-state index contributed by atoms with van der Waals surface area (Å²) in [5, 5.41) is 10.0. The first-order valence-electron chi connectivity index (χ1n) is 4.66. The Bertz CT molecular complexity index is 425. The van der Waals surface area contributed by atoms with Gasteiger partial charge in [0.2, 0.25) is 0 Å². The van der Waals surface area contributed by atoms with Crippen molar-refractivity contribution < 1.29 is 14.5 Å². The van der Waals surface area contributed by atoms with E-state index in [1.807, 2.05) is 0 Å². The Hall–Kier alpha value is -1.33. The zero-order valence-corrected chi connectivity index (χ0v) is 10.1. The Labute approximate surface area is 107 Å². The number of nitro groups is 1. The molecule has 0 radical (unpaired) electrons. The van der Waals surface area contributed by atoms with Gasteiger partial charge in [-0.2, -0.15) is 0 Å². The number of carbonyl (C=O) groups excluding carboxylic acids is 1. The van der Waals surface area contributed by atoms with E-state index >= 15 is 0 Å². The molecule has 0 aliphatic heterocycles. The van der Waals surface area contributed by atoms with E-state index in [0.29, 0.717) is 0 Å². The molecule has 17 heavy (non-hydrogen) atoms. The van der Waals surface area contributed by atoms with E-state index in [4.69, 9.17) is 27.9 Å². The minimum Gasteiger partial charge on any atom is -0.460 e. The number of halogens is 2. The van der Waals surface area contributed by atoms with Gasteiger partial charge in [-0.25, -0.2) is 4.79 Å². The number of carbonyl (C=O) groups is 1. The lowest BCUT2D eigenvalue weighted by Crippen LogP contribution is -2.15. The highest BCUT2D eigenvalue weighted by atomic mass is 35.5. The molecular formula is C10H9Cl2NO4. The van der Waals surface area contributed by atoms with Gasteiger partial charge in [-0.15, -0.1) is 23.2 Å². The molecule has 0 saturated heterocycles. The number of esters is 1. The molecule has 0 bridgehead atoms. The predicted molar refractivity (Wildman–Crippen MR) is 63.7 cm³/mol. The molecule has 1 unspecified atom stereocenters. The molecular weight excluding hydrogens is 269 g/mol. The molecule has 1 aromatic carbocycles. The highest BCUT2D eigenvalue weighted by molar-refractivity contribution is 6.28. The van der Waals surface area contributed by atoms with Crippen LogP contribution in [0.5, 0.6) is 0 Å². The summed E-state index contributed by atoms with van der Waals surface area (Å²) in [4.78, 5) is 21.4. The largest absolute Gasteiger partial charge is 0.460 e. The highest BCUT2D eigenvalue weighted by Gasteiger charge is 2.14. The summed E-state index contributed by atoms with van der Waals surface area (Å²) in [7, 11) is 0. The average Bonchev–Trinajstić information content (AvgIpc) is 2.35. The van der Waals surface area contributed by atoms with Crippen molar-refractivity contribution in [2.24, 2.45) is 0 Å². The van der Waals surface area contributed by atoms with Gasteiger partial charge in [-0.05, 0) is 6.07 Å². The third kappa shape index (κ3) is 4.20. The zero-order valence-electron chi connectivity index (χ0n) is 8.64. The van der Waals surface area contributed by atoms with Crippen LogP contribution in [0.1, 0.15) is 10.4 Å². The number of nitro benzene ring substituents is 1. The van der Waals surface area contributed by atoms with Crippen molar-refractivity contribution in [3.8, 4) is 0 Å². The quantitative estimate of drug-likeness (QED) is 0.359. The number of nitrogens with zero attached hydrogens (tertiary/aromatic N) is 1. The Kier molecular flexibility index (Phi) is 5.18. The van der Waals surface area contributed by atoms with Gasteiger partial charge in [-0.3, -0.25) is 10.1 Å². The van der Waals surface area contributed by atoms with Crippen molar-refractivity contribution in [3.63, 3.8) is 0 Å². The molecule has 0 heterocycles. The fraction of sp³-hybridized carbons (Fsp3) is 0.300. The van der Waals surface area contributed by atoms with Gasteiger partial charge in [0, 0.05) is 18.0 Å². The first-order chi connectivity index (χ1) is 8.04. The van der Waals surface area contributed by atoms with Crippen LogP contribution in [0.3, 0.4) is 0 Å². The zero-order chi connectivity index (χ0) is 12.8. The summed E-state index contributed by atoms with van der Waals surface area (Å²) in [5.74, 6) is -0.506. The van der Waals surface area contributed by atoms with Gasteiger partial charge in [0.1, 0.15) is 6.61 Å². The molecule has 0 aliphatic carbocycles. The monoisotopic (exact) mass is 277 g/mol. The first kappa shape index (κ1) is 13.7. The summed E-state index contributed by atoms with van der Waals surface area (Å²) in [6.45, 7) is -0.0351. The van der Waals surface area contributed by atoms with E-state index in [2.05, 4.69) is 0 Å². The van der Waals surface area contributed by atoms with Crippen molar-refractivity contribution in [1.82, 2.24) is 0 Å². The Morgan fingerprint density at radius 3 is 2.82 bits per heavy atom. The third-order valence-corrected chi connectivity index (χ3v) is 2.67. The fourth-order valence-corrected chi connectivity index (χ4v) is 1.19. The lowest BCUT2D eigenvalue weighted by atomic mass is 10.2. The molecule has 0 amide bonds. The molecule has 0 fully saturated rings. The standard InChI is InChI=1S/C10H9Cl2NO4/c11-5-8(12)6-17-10(14)7-2-1-3-9(4-7)13(15)16/h1-4,8H,5-6H2. The number of ether oxygens (including phenoxy) is 1. The van der Waals surface area contributed by atoms with Gasteiger partial charge in [0.15, 0.2) is 0 Å². The fourth-order valence-electron chi connectivity index (χ4n) is 1.04. The molecule has 0 spiro atoms. The van der Waals surface area contributed by atoms with Crippen LogP contribution in [0.15, 0.2) is 24.3 Å². The minimum absolute atomic E-state index is 0.0351. The maximum atomic E-state index is 11.5. The van der Waals surface area contributed by atoms with E-state index < -0.39 is 16.3 Å². The SMILES string of the molecule is O=C(OCC(Cl)CCl)c1cccc([N+](=O)[O-])c1. The summed E-state index contributed by atoms with van der Waals surface area (Å²) >= 11 is 11.1. The summed E-state index contributed by atoms with van der Waals surface area (Å²) in [5.41, 5.74) is -0.0585. The molecule has 7 heteroatoms. The second-order valence-corrected chi connectivity index (χ2v) is 4.08. The van der Waals surface area contributed by atoms with Crippen LogP contribution in [0.4, 0.5) is 5.69 Å². The van der Waals surface area contributed by atoms with Crippen LogP contribution < -0.4 is 0 Å². The molecule has 0 N–H and O–H groups in total. The molecule has 92 valence electrons. The summed E-state index contributed by atoms with van der Waals surface area (Å²) < 4.78 is 4.84. The van der Waals surface area contributed by atoms with Crippen LogP contribution in [0.25, 0.3) is 0 Å². The topological polar surface area (TPSA) is 69.4 Å². The van der Waals surface area contributed by atoms with Gasteiger partial charge in [-0.1, -0.05) is 6.07 Å². The molecule has 0 aliphatic rings. The lowest BCUT2D eigenvalue weighted by molar-refractivity contribution is -0.384. The van der Waals surface area contributed by atoms with Gasteiger partial charge < -0.3 is 4.74 Å². The Morgan fingerprint density at radius 1 is 1.53 bits per heavy atom. The smallest absolute Gasteiger partial charge is 0.338 e. The van der Waals surface area contributed by atoms with Crippen LogP contribution in [-0.4, -0.2) is 28.8 Å². The second-order valence-electron chi connectivity index (χ2n) is 3.16. The van der Waals surface area contributed by atoms with E-state index in [-0.39, 0.29) is 23.7 Å². The van der Waals surface area contributed by atoms with Crippen molar-refractivity contribution in [1.29, 1.82) is 0 Å². The molecule has 1 rings (SSSR count). The predicted octanol–water partition coefficient (Wildman–Crippen LogP) is 2.60. The number of hydrogen-bond acceptors (Lipinski definition) is 4. The van der Waals surface area contributed by atoms with E-state index in [9.17, 15) is 14.9 Å². The lowest BCUT2D eigenvalue weighted by Gasteiger charge is -2.07. The molecule has 5 nitrogen and oxygen atoms in total. The maximum absolute atomic E-state index is 11.5. The molecule has 1 atom stereocenters. The van der Waals surface area contributed by atoms with Crippen LogP contribution in [0, 0.1) is 10.1 Å². The number of rotatable bonds is 5. The van der Waals surface area contributed by atoms with Crippen molar-refractivity contribution in [3.05, 3.63) is 39.9 Å². The average molecular weight is 278 g/mol.